The van der Waals surface area contributed by atoms with Gasteiger partial charge in [-0.15, -0.1) is 0 Å². The maximum Gasteiger partial charge on any atom is 0.160 e. The van der Waals surface area contributed by atoms with E-state index in [1.807, 2.05) is 12.4 Å². The molecular weight excluding hydrogens is 589 g/mol. The fourth-order valence-corrected chi connectivity index (χ4v) is 7.27. The number of benzene rings is 3. The molecule has 0 spiro atoms. The number of nitrogens with zero attached hydrogens (tertiary/aromatic N) is 6. The second-order valence-corrected chi connectivity index (χ2v) is 15.2. The molecule has 6 heteroatoms. The first kappa shape index (κ1) is 33.6. The van der Waals surface area contributed by atoms with Crippen molar-refractivity contribution in [2.75, 3.05) is 0 Å². The first-order valence-electron chi connectivity index (χ1n) is 17.7. The lowest BCUT2D eigenvalue weighted by atomic mass is 9.87. The smallest absolute Gasteiger partial charge is 0.160 e. The Morgan fingerprint density at radius 3 is 1.35 bits per heavy atom. The summed E-state index contributed by atoms with van der Waals surface area (Å²) in [5.41, 5.74) is 13.2. The molecule has 0 saturated carbocycles. The monoisotopic (exact) mass is 638 g/mol. The third kappa shape index (κ3) is 5.73. The number of hydrogen-bond donors (Lipinski definition) is 0. The van der Waals surface area contributed by atoms with Crippen molar-refractivity contribution >= 4 is 32.8 Å². The minimum absolute atomic E-state index is 0.207. The maximum atomic E-state index is 5.41. The van der Waals surface area contributed by atoms with Gasteiger partial charge in [0, 0.05) is 46.7 Å². The zero-order chi connectivity index (χ0) is 34.6. The molecule has 0 atom stereocenters. The Morgan fingerprint density at radius 2 is 0.833 bits per heavy atom. The van der Waals surface area contributed by atoms with E-state index < -0.39 is 0 Å². The second-order valence-electron chi connectivity index (χ2n) is 15.2. The molecule has 3 aromatic carbocycles. The SMILES string of the molecule is CC(C)c1ccc(C(C)C)c2nc(-c3cc(C(C)C)c4nc(-c5cc(C(C)C)c6nccnc6c5C(C)C)ncc4c3C(C)C)ncc12. The number of hydrogen-bond acceptors (Lipinski definition) is 6. The summed E-state index contributed by atoms with van der Waals surface area (Å²) in [4.78, 5) is 30.6. The fourth-order valence-electron chi connectivity index (χ4n) is 7.27. The Morgan fingerprint density at radius 1 is 0.396 bits per heavy atom. The first-order valence-corrected chi connectivity index (χ1v) is 17.7. The van der Waals surface area contributed by atoms with Crippen LogP contribution >= 0.6 is 0 Å². The minimum atomic E-state index is 0.207. The van der Waals surface area contributed by atoms with Crippen LogP contribution in [-0.4, -0.2) is 29.9 Å². The molecule has 0 unspecified atom stereocenters. The highest BCUT2D eigenvalue weighted by atomic mass is 14.9. The zero-order valence-corrected chi connectivity index (χ0v) is 30.8. The summed E-state index contributed by atoms with van der Waals surface area (Å²) in [6, 6.07) is 9.07. The standard InChI is InChI=1S/C42H50N6/c1-21(2)27-13-14-28(22(3)4)37-33(27)19-45-41(47-37)31-17-29(23(5)6)38-34(35(31)25(9)10)20-46-42(48-38)32-18-30(24(7)8)39-40(36(32)26(11)12)44-16-15-43-39/h13-26H,1-12H3. The third-order valence-corrected chi connectivity index (χ3v) is 9.70. The van der Waals surface area contributed by atoms with Gasteiger partial charge in [-0.2, -0.15) is 0 Å². The summed E-state index contributed by atoms with van der Waals surface area (Å²) in [5, 5.41) is 2.21. The highest BCUT2D eigenvalue weighted by Crippen LogP contribution is 2.42. The Balaban J connectivity index is 1.65. The summed E-state index contributed by atoms with van der Waals surface area (Å²) >= 11 is 0. The van der Waals surface area contributed by atoms with Crippen molar-refractivity contribution in [2.45, 2.75) is 119 Å². The van der Waals surface area contributed by atoms with E-state index >= 15 is 0 Å². The quantitative estimate of drug-likeness (QED) is 0.165. The first-order chi connectivity index (χ1) is 22.8. The van der Waals surface area contributed by atoms with E-state index in [2.05, 4.69) is 107 Å². The van der Waals surface area contributed by atoms with Crippen molar-refractivity contribution in [3.05, 3.63) is 82.4 Å². The van der Waals surface area contributed by atoms with Crippen molar-refractivity contribution in [1.29, 1.82) is 0 Å². The van der Waals surface area contributed by atoms with Gasteiger partial charge in [0.05, 0.1) is 22.1 Å². The molecule has 3 aromatic heterocycles. The lowest BCUT2D eigenvalue weighted by molar-refractivity contribution is 0.848. The Bertz CT molecular complexity index is 2160. The van der Waals surface area contributed by atoms with Gasteiger partial charge in [0.1, 0.15) is 0 Å². The van der Waals surface area contributed by atoms with Crippen LogP contribution < -0.4 is 0 Å². The van der Waals surface area contributed by atoms with Crippen molar-refractivity contribution < 1.29 is 0 Å². The Labute approximate surface area is 285 Å². The number of fused-ring (bicyclic) bond motifs is 3. The fraction of sp³-hybridized carbons (Fsp3) is 0.429. The van der Waals surface area contributed by atoms with E-state index in [1.54, 1.807) is 12.4 Å². The number of aromatic nitrogens is 6. The summed E-state index contributed by atoms with van der Waals surface area (Å²) in [7, 11) is 0. The molecule has 6 rings (SSSR count). The minimum Gasteiger partial charge on any atom is -0.253 e. The topological polar surface area (TPSA) is 77.3 Å². The Hall–Kier alpha value is -4.32. The third-order valence-electron chi connectivity index (χ3n) is 9.70. The van der Waals surface area contributed by atoms with Crippen molar-refractivity contribution in [1.82, 2.24) is 29.9 Å². The van der Waals surface area contributed by atoms with Crippen LogP contribution in [0.25, 0.3) is 55.6 Å². The van der Waals surface area contributed by atoms with Gasteiger partial charge in [0.15, 0.2) is 11.6 Å². The van der Waals surface area contributed by atoms with Crippen LogP contribution in [0.5, 0.6) is 0 Å². The second kappa shape index (κ2) is 12.9. The van der Waals surface area contributed by atoms with Gasteiger partial charge >= 0.3 is 0 Å². The lowest BCUT2D eigenvalue weighted by Gasteiger charge is -2.22. The molecule has 0 aliphatic rings. The van der Waals surface area contributed by atoms with E-state index in [0.717, 1.165) is 61.2 Å². The van der Waals surface area contributed by atoms with Crippen LogP contribution in [0.1, 0.15) is 152 Å². The van der Waals surface area contributed by atoms with Crippen LogP contribution in [0.4, 0.5) is 0 Å². The van der Waals surface area contributed by atoms with Gasteiger partial charge in [-0.25, -0.2) is 19.9 Å². The highest BCUT2D eigenvalue weighted by molar-refractivity contribution is 5.95. The predicted molar refractivity (Wildman–Crippen MR) is 201 cm³/mol. The van der Waals surface area contributed by atoms with Crippen LogP contribution in [0, 0.1) is 0 Å². The predicted octanol–water partition coefficient (Wildman–Crippen LogP) is 11.6. The average Bonchev–Trinajstić information content (AvgIpc) is 3.04. The molecule has 3 heterocycles. The lowest BCUT2D eigenvalue weighted by Crippen LogP contribution is -2.07. The molecule has 48 heavy (non-hydrogen) atoms. The van der Waals surface area contributed by atoms with Crippen molar-refractivity contribution in [3.8, 4) is 22.8 Å². The van der Waals surface area contributed by atoms with Gasteiger partial charge in [-0.3, -0.25) is 9.97 Å². The molecule has 0 aliphatic carbocycles. The summed E-state index contributed by atoms with van der Waals surface area (Å²) in [5.74, 6) is 3.16. The number of rotatable bonds is 8. The summed E-state index contributed by atoms with van der Waals surface area (Å²) in [6.07, 6.45) is 7.67. The molecule has 0 aliphatic heterocycles. The van der Waals surface area contributed by atoms with Gasteiger partial charge < -0.3 is 0 Å². The van der Waals surface area contributed by atoms with E-state index in [1.165, 1.54) is 27.8 Å². The van der Waals surface area contributed by atoms with Gasteiger partial charge in [-0.05, 0) is 81.0 Å². The largest absolute Gasteiger partial charge is 0.253 e. The normalized spacial score (nSPS) is 12.5. The average molecular weight is 639 g/mol. The zero-order valence-electron chi connectivity index (χ0n) is 30.8. The van der Waals surface area contributed by atoms with Crippen LogP contribution in [0.3, 0.4) is 0 Å². The van der Waals surface area contributed by atoms with Crippen LogP contribution in [0.2, 0.25) is 0 Å². The van der Waals surface area contributed by atoms with Crippen molar-refractivity contribution in [3.63, 3.8) is 0 Å². The molecule has 6 aromatic rings. The molecular formula is C42H50N6. The highest BCUT2D eigenvalue weighted by Gasteiger charge is 2.25. The van der Waals surface area contributed by atoms with Gasteiger partial charge in [-0.1, -0.05) is 95.2 Å². The van der Waals surface area contributed by atoms with Gasteiger partial charge in [0.2, 0.25) is 0 Å². The molecule has 0 saturated heterocycles. The van der Waals surface area contributed by atoms with Crippen LogP contribution in [0.15, 0.2) is 49.1 Å². The van der Waals surface area contributed by atoms with E-state index in [-0.39, 0.29) is 23.7 Å². The summed E-state index contributed by atoms with van der Waals surface area (Å²) < 4.78 is 0. The Kier molecular flexibility index (Phi) is 9.06. The summed E-state index contributed by atoms with van der Waals surface area (Å²) in [6.45, 7) is 26.8. The van der Waals surface area contributed by atoms with Gasteiger partial charge in [0.25, 0.3) is 0 Å². The molecule has 0 N–H and O–H groups in total. The van der Waals surface area contributed by atoms with Crippen molar-refractivity contribution in [2.24, 2.45) is 0 Å². The van der Waals surface area contributed by atoms with Crippen LogP contribution in [-0.2, 0) is 0 Å². The molecule has 0 radical (unpaired) electrons. The van der Waals surface area contributed by atoms with E-state index in [0.29, 0.717) is 11.8 Å². The molecule has 248 valence electrons. The maximum absolute atomic E-state index is 5.41. The van der Waals surface area contributed by atoms with E-state index in [4.69, 9.17) is 29.9 Å². The molecule has 0 bridgehead atoms. The molecule has 0 fully saturated rings. The van der Waals surface area contributed by atoms with E-state index in [9.17, 15) is 0 Å². The molecule has 6 nitrogen and oxygen atoms in total. The molecule has 0 amide bonds.